The first-order valence-electron chi connectivity index (χ1n) is 8.21. The first kappa shape index (κ1) is 17.0. The van der Waals surface area contributed by atoms with Crippen molar-refractivity contribution in [3.8, 4) is 29.4 Å². The second-order valence-corrected chi connectivity index (χ2v) is 6.36. The number of aromatic hydroxyl groups is 1. The Kier molecular flexibility index (Phi) is 4.72. The number of likely N-dealkylation sites (N-methyl/N-ethyl adjacent to an activating group) is 1. The molecule has 1 atom stereocenters. The van der Waals surface area contributed by atoms with Crippen LogP contribution in [0.1, 0.15) is 24.1 Å². The molecule has 1 aliphatic rings. The molecular weight excluding hydrogens is 318 g/mol. The van der Waals surface area contributed by atoms with Crippen LogP contribution in [0, 0.1) is 24.5 Å². The topological polar surface area (TPSA) is 88.2 Å². The van der Waals surface area contributed by atoms with Crippen LogP contribution in [-0.4, -0.2) is 46.3 Å². The summed E-state index contributed by atoms with van der Waals surface area (Å²) in [5, 5.41) is 29.7. The van der Waals surface area contributed by atoms with E-state index in [0.717, 1.165) is 25.9 Å². The van der Waals surface area contributed by atoms with Crippen LogP contribution in [-0.2, 0) is 0 Å². The number of benzene rings is 1. The summed E-state index contributed by atoms with van der Waals surface area (Å²) in [6.07, 6.45) is 7.39. The number of hydrogen-bond acceptors (Lipinski definition) is 6. The third kappa shape index (κ3) is 3.64. The van der Waals surface area contributed by atoms with Crippen molar-refractivity contribution in [2.75, 3.05) is 25.5 Å². The largest absolute Gasteiger partial charge is 0.722 e. The van der Waals surface area contributed by atoms with E-state index >= 15 is 0 Å². The maximum absolute atomic E-state index is 12.3. The highest BCUT2D eigenvalue weighted by molar-refractivity contribution is 5.69. The first-order chi connectivity index (χ1) is 12.0. The summed E-state index contributed by atoms with van der Waals surface area (Å²) in [6, 6.07) is 4.97. The lowest BCUT2D eigenvalue weighted by atomic mass is 10.1. The third-order valence-corrected chi connectivity index (χ3v) is 4.37. The molecule has 1 aromatic heterocycles. The minimum atomic E-state index is -0.0255. The number of piperidine rings is 1. The number of aryl methyl sites for hydroxylation is 1. The molecule has 0 amide bonds. The number of terminal acetylenes is 1. The van der Waals surface area contributed by atoms with E-state index in [9.17, 15) is 10.3 Å². The number of phenolic OH excluding ortho intramolecular Hbond substituents is 1. The Bertz CT molecular complexity index is 831. The van der Waals surface area contributed by atoms with Crippen LogP contribution in [0.2, 0.25) is 0 Å². The minimum absolute atomic E-state index is 0.0255. The molecule has 0 unspecified atom stereocenters. The zero-order chi connectivity index (χ0) is 18.0. The Morgan fingerprint density at radius 1 is 1.48 bits per heavy atom. The van der Waals surface area contributed by atoms with Gasteiger partial charge in [0.25, 0.3) is 0 Å². The molecule has 0 spiro atoms. The van der Waals surface area contributed by atoms with Gasteiger partial charge in [0.05, 0.1) is 6.04 Å². The number of nitrogens with one attached hydrogen (secondary N) is 1. The van der Waals surface area contributed by atoms with Gasteiger partial charge in [-0.25, -0.2) is 0 Å². The van der Waals surface area contributed by atoms with E-state index in [1.54, 1.807) is 19.1 Å². The molecule has 3 rings (SSSR count). The highest BCUT2D eigenvalue weighted by Crippen LogP contribution is 2.29. The maximum Gasteiger partial charge on any atom is 0.412 e. The minimum Gasteiger partial charge on any atom is -0.722 e. The Balaban J connectivity index is 1.89. The van der Waals surface area contributed by atoms with E-state index in [-0.39, 0.29) is 17.7 Å². The summed E-state index contributed by atoms with van der Waals surface area (Å²) >= 11 is 0. The van der Waals surface area contributed by atoms with Crippen molar-refractivity contribution in [2.24, 2.45) is 0 Å². The van der Waals surface area contributed by atoms with Crippen LogP contribution >= 0.6 is 0 Å². The summed E-state index contributed by atoms with van der Waals surface area (Å²) in [6.45, 7) is 3.68. The average Bonchev–Trinajstić information content (AvgIpc) is 2.58. The second-order valence-electron chi connectivity index (χ2n) is 6.36. The zero-order valence-electron chi connectivity index (χ0n) is 14.4. The maximum atomic E-state index is 12.3. The van der Waals surface area contributed by atoms with Crippen LogP contribution in [0.25, 0.3) is 11.3 Å². The Hall–Kier alpha value is -2.85. The van der Waals surface area contributed by atoms with Gasteiger partial charge >= 0.3 is 5.95 Å². The Morgan fingerprint density at radius 3 is 2.96 bits per heavy atom. The summed E-state index contributed by atoms with van der Waals surface area (Å²) in [5.74, 6) is 2.61. The molecule has 2 N–H and O–H groups in total. The molecule has 7 nitrogen and oxygen atoms in total. The van der Waals surface area contributed by atoms with Crippen molar-refractivity contribution >= 4 is 5.95 Å². The molecule has 0 bridgehead atoms. The van der Waals surface area contributed by atoms with Gasteiger partial charge < -0.3 is 15.2 Å². The van der Waals surface area contributed by atoms with Gasteiger partial charge in [0.15, 0.2) is 0 Å². The highest BCUT2D eigenvalue weighted by atomic mass is 16.5. The summed E-state index contributed by atoms with van der Waals surface area (Å²) in [4.78, 5) is 7.05. The van der Waals surface area contributed by atoms with Crippen molar-refractivity contribution in [3.63, 3.8) is 0 Å². The Morgan fingerprint density at radius 2 is 2.28 bits per heavy atom. The van der Waals surface area contributed by atoms with Gasteiger partial charge in [-0.2, -0.15) is 0 Å². The lowest BCUT2D eigenvalue weighted by molar-refractivity contribution is -0.656. The fraction of sp³-hybridized carbons (Fsp3) is 0.389. The number of hydrogen-bond donors (Lipinski definition) is 2. The van der Waals surface area contributed by atoms with E-state index < -0.39 is 0 Å². The van der Waals surface area contributed by atoms with Gasteiger partial charge in [0.1, 0.15) is 17.1 Å². The molecule has 130 valence electrons. The Labute approximate surface area is 146 Å². The van der Waals surface area contributed by atoms with Crippen molar-refractivity contribution in [1.82, 2.24) is 15.0 Å². The van der Waals surface area contributed by atoms with Gasteiger partial charge in [0, 0.05) is 17.7 Å². The molecule has 25 heavy (non-hydrogen) atoms. The number of aromatic nitrogens is 3. The van der Waals surface area contributed by atoms with E-state index in [4.69, 9.17) is 6.42 Å². The lowest BCUT2D eigenvalue weighted by Crippen LogP contribution is -2.45. The van der Waals surface area contributed by atoms with Gasteiger partial charge in [-0.15, -0.1) is 16.4 Å². The summed E-state index contributed by atoms with van der Waals surface area (Å²) < 4.78 is 0. The van der Waals surface area contributed by atoms with Crippen LogP contribution in [0.3, 0.4) is 0 Å². The molecule has 2 heterocycles. The van der Waals surface area contributed by atoms with Crippen molar-refractivity contribution in [3.05, 3.63) is 34.7 Å². The SMILES string of the molecule is C#Cc1ccc(-c2n[n+]([O-])c(N[C@@H]3CCCN(C)C3)nc2C)c(O)c1. The third-order valence-electron chi connectivity index (χ3n) is 4.37. The number of nitrogens with zero attached hydrogens (tertiary/aromatic N) is 4. The van der Waals surface area contributed by atoms with E-state index in [0.29, 0.717) is 27.4 Å². The van der Waals surface area contributed by atoms with E-state index in [1.807, 2.05) is 0 Å². The smallest absolute Gasteiger partial charge is 0.412 e. The normalized spacial score (nSPS) is 17.9. The zero-order valence-corrected chi connectivity index (χ0v) is 14.4. The van der Waals surface area contributed by atoms with Gasteiger partial charge in [-0.1, -0.05) is 10.9 Å². The molecule has 0 saturated carbocycles. The lowest BCUT2D eigenvalue weighted by Gasteiger charge is -2.28. The predicted molar refractivity (Wildman–Crippen MR) is 94.9 cm³/mol. The van der Waals surface area contributed by atoms with Crippen LogP contribution in [0.4, 0.5) is 5.95 Å². The summed E-state index contributed by atoms with van der Waals surface area (Å²) in [5.41, 5.74) is 1.88. The van der Waals surface area contributed by atoms with E-state index in [1.165, 1.54) is 6.07 Å². The quantitative estimate of drug-likeness (QED) is 0.497. The van der Waals surface area contributed by atoms with E-state index in [2.05, 4.69) is 33.3 Å². The van der Waals surface area contributed by atoms with Crippen molar-refractivity contribution < 1.29 is 9.95 Å². The van der Waals surface area contributed by atoms with Crippen LogP contribution in [0.15, 0.2) is 18.2 Å². The molecule has 1 aliphatic heterocycles. The number of anilines is 1. The molecule has 0 radical (unpaired) electrons. The molecule has 1 saturated heterocycles. The fourth-order valence-electron chi connectivity index (χ4n) is 3.09. The predicted octanol–water partition coefficient (Wildman–Crippen LogP) is 1.28. The van der Waals surface area contributed by atoms with Gasteiger partial charge in [-0.05, 0) is 51.6 Å². The van der Waals surface area contributed by atoms with Crippen LogP contribution < -0.4 is 10.2 Å². The standard InChI is InChI=1S/C18H21N5O2/c1-4-13-7-8-15(16(24)10-13)17-12(2)19-18(23(25)21-17)20-14-6-5-9-22(3)11-14/h1,7-8,10,14,24H,5-6,9,11H2,2-3H3,(H,19,20)/t14-/m1/s1. The number of rotatable bonds is 3. The van der Waals surface area contributed by atoms with Crippen LogP contribution in [0.5, 0.6) is 5.75 Å². The summed E-state index contributed by atoms with van der Waals surface area (Å²) in [7, 11) is 2.06. The monoisotopic (exact) mass is 339 g/mol. The molecule has 1 fully saturated rings. The first-order valence-corrected chi connectivity index (χ1v) is 8.21. The molecular formula is C18H21N5O2. The average molecular weight is 339 g/mol. The number of phenols is 1. The molecule has 2 aromatic rings. The second kappa shape index (κ2) is 6.95. The highest BCUT2D eigenvalue weighted by Gasteiger charge is 2.24. The fourth-order valence-corrected chi connectivity index (χ4v) is 3.09. The molecule has 7 heteroatoms. The molecule has 0 aliphatic carbocycles. The van der Waals surface area contributed by atoms with Gasteiger partial charge in [-0.3, -0.25) is 5.32 Å². The van der Waals surface area contributed by atoms with Crippen molar-refractivity contribution in [1.29, 1.82) is 0 Å². The molecule has 1 aromatic carbocycles. The van der Waals surface area contributed by atoms with Crippen molar-refractivity contribution in [2.45, 2.75) is 25.8 Å². The van der Waals surface area contributed by atoms with Gasteiger partial charge in [0.2, 0.25) is 0 Å². The number of likely N-dealkylation sites (tertiary alicyclic amines) is 1.